The van der Waals surface area contributed by atoms with E-state index in [0.717, 1.165) is 28.9 Å². The molecule has 2 aromatic carbocycles. The minimum atomic E-state index is -1.04. The van der Waals surface area contributed by atoms with Crippen molar-refractivity contribution in [1.82, 2.24) is 10.2 Å². The number of carbonyl (C=O) groups excluding carboxylic acids is 3. The van der Waals surface area contributed by atoms with Crippen LogP contribution in [-0.4, -0.2) is 29.3 Å². The quantitative estimate of drug-likeness (QED) is 0.766. The van der Waals surface area contributed by atoms with Crippen molar-refractivity contribution in [2.24, 2.45) is 0 Å². The number of aryl methyl sites for hydroxylation is 1. The maximum Gasteiger partial charge on any atom is 0.325 e. The van der Waals surface area contributed by atoms with E-state index in [1.165, 1.54) is 5.56 Å². The summed E-state index contributed by atoms with van der Waals surface area (Å²) in [6.45, 7) is 3.98. The topological polar surface area (TPSA) is 78.5 Å². The zero-order valence-electron chi connectivity index (χ0n) is 16.7. The van der Waals surface area contributed by atoms with E-state index in [0.29, 0.717) is 18.0 Å². The van der Waals surface area contributed by atoms with Crippen LogP contribution in [0.1, 0.15) is 49.3 Å². The molecule has 1 spiro atoms. The molecule has 1 aliphatic carbocycles. The first-order valence-electron chi connectivity index (χ1n) is 10.1. The molecular weight excluding hydrogens is 366 g/mol. The number of amides is 4. The lowest BCUT2D eigenvalue weighted by Crippen LogP contribution is -2.42. The Morgan fingerprint density at radius 1 is 1.17 bits per heavy atom. The number of imide groups is 1. The molecule has 0 radical (unpaired) electrons. The van der Waals surface area contributed by atoms with Crippen molar-refractivity contribution in [3.8, 4) is 0 Å². The molecular formula is C23H25N3O3. The summed E-state index contributed by atoms with van der Waals surface area (Å²) in [4.78, 5) is 39.1. The number of anilines is 1. The van der Waals surface area contributed by atoms with Crippen LogP contribution in [0.5, 0.6) is 0 Å². The smallest absolute Gasteiger partial charge is 0.325 e. The minimum absolute atomic E-state index is 0.304. The van der Waals surface area contributed by atoms with Gasteiger partial charge in [-0.05, 0) is 54.0 Å². The number of nitrogens with one attached hydrogen (secondary N) is 2. The summed E-state index contributed by atoms with van der Waals surface area (Å²) in [5, 5.41) is 5.62. The van der Waals surface area contributed by atoms with Crippen molar-refractivity contribution in [1.29, 1.82) is 0 Å². The lowest BCUT2D eigenvalue weighted by Gasteiger charge is -2.22. The Bertz CT molecular complexity index is 970. The van der Waals surface area contributed by atoms with E-state index in [1.54, 1.807) is 0 Å². The van der Waals surface area contributed by atoms with E-state index >= 15 is 0 Å². The molecule has 1 saturated heterocycles. The fourth-order valence-electron chi connectivity index (χ4n) is 4.21. The van der Waals surface area contributed by atoms with Gasteiger partial charge in [-0.2, -0.15) is 0 Å². The first-order chi connectivity index (χ1) is 13.9. The van der Waals surface area contributed by atoms with Gasteiger partial charge < -0.3 is 10.6 Å². The van der Waals surface area contributed by atoms with Gasteiger partial charge in [-0.3, -0.25) is 14.5 Å². The van der Waals surface area contributed by atoms with Gasteiger partial charge in [-0.15, -0.1) is 0 Å². The molecule has 4 amide bonds. The van der Waals surface area contributed by atoms with E-state index in [4.69, 9.17) is 0 Å². The summed E-state index contributed by atoms with van der Waals surface area (Å²) in [5.74, 6) is -0.293. The summed E-state index contributed by atoms with van der Waals surface area (Å²) in [6.07, 6.45) is 2.29. The number of urea groups is 1. The molecule has 6 nitrogen and oxygen atoms in total. The number of carbonyl (C=O) groups is 3. The molecule has 4 rings (SSSR count). The zero-order chi connectivity index (χ0) is 20.6. The highest BCUT2D eigenvalue weighted by Gasteiger charge is 2.55. The van der Waals surface area contributed by atoms with E-state index in [9.17, 15) is 14.4 Å². The Hall–Kier alpha value is -3.15. The molecule has 0 bridgehead atoms. The molecule has 1 heterocycles. The third-order valence-electron chi connectivity index (χ3n) is 6.10. The number of hydrogen-bond acceptors (Lipinski definition) is 3. The second-order valence-corrected chi connectivity index (χ2v) is 7.86. The van der Waals surface area contributed by atoms with Crippen LogP contribution >= 0.6 is 0 Å². The normalized spacial score (nSPS) is 21.2. The second-order valence-electron chi connectivity index (χ2n) is 7.86. The second kappa shape index (κ2) is 7.35. The van der Waals surface area contributed by atoms with Gasteiger partial charge in [0, 0.05) is 5.69 Å². The van der Waals surface area contributed by atoms with Crippen molar-refractivity contribution >= 4 is 23.5 Å². The molecule has 6 heteroatoms. The number of hydrogen-bond donors (Lipinski definition) is 2. The van der Waals surface area contributed by atoms with Crippen LogP contribution in [0, 0.1) is 0 Å². The van der Waals surface area contributed by atoms with E-state index in [1.807, 2.05) is 48.5 Å². The third kappa shape index (κ3) is 3.28. The molecule has 1 fully saturated rings. The first kappa shape index (κ1) is 19.2. The highest BCUT2D eigenvalue weighted by Crippen LogP contribution is 2.41. The summed E-state index contributed by atoms with van der Waals surface area (Å²) in [5.41, 5.74) is 2.72. The monoisotopic (exact) mass is 391 g/mol. The van der Waals surface area contributed by atoms with Crippen LogP contribution in [0.4, 0.5) is 10.5 Å². The Labute approximate surface area is 170 Å². The average molecular weight is 391 g/mol. The number of rotatable bonds is 5. The summed E-state index contributed by atoms with van der Waals surface area (Å²) < 4.78 is 0. The summed E-state index contributed by atoms with van der Waals surface area (Å²) >= 11 is 0. The van der Waals surface area contributed by atoms with Gasteiger partial charge in [-0.1, -0.05) is 50.2 Å². The Morgan fingerprint density at radius 3 is 2.62 bits per heavy atom. The third-order valence-corrected chi connectivity index (χ3v) is 6.10. The maximum absolute atomic E-state index is 13.1. The highest BCUT2D eigenvalue weighted by molar-refractivity contribution is 6.10. The van der Waals surface area contributed by atoms with E-state index in [-0.39, 0.29) is 12.5 Å². The Balaban J connectivity index is 1.45. The van der Waals surface area contributed by atoms with Gasteiger partial charge in [0.15, 0.2) is 0 Å². The summed E-state index contributed by atoms with van der Waals surface area (Å²) in [6, 6.07) is 14.8. The molecule has 2 aromatic rings. The van der Waals surface area contributed by atoms with Gasteiger partial charge >= 0.3 is 6.03 Å². The molecule has 150 valence electrons. The van der Waals surface area contributed by atoms with Gasteiger partial charge in [-0.25, -0.2) is 4.79 Å². The molecule has 2 atom stereocenters. The SMILES string of the molecule is CC[C@@H](C)c1ccc(NC(=O)CN2C(=O)N[C@]3(CCc4ccccc43)C2=O)cc1. The van der Waals surface area contributed by atoms with Gasteiger partial charge in [0.25, 0.3) is 5.91 Å². The van der Waals surface area contributed by atoms with Crippen molar-refractivity contribution in [2.75, 3.05) is 11.9 Å². The number of benzene rings is 2. The molecule has 0 unspecified atom stereocenters. The standard InChI is InChI=1S/C23H25N3O3/c1-3-15(2)16-8-10-18(11-9-16)24-20(27)14-26-21(28)23(25-22(26)29)13-12-17-6-4-5-7-19(17)23/h4-11,15H,3,12-14H2,1-2H3,(H,24,27)(H,25,29)/t15-,23+/m1/s1. The van der Waals surface area contributed by atoms with Crippen LogP contribution in [0.2, 0.25) is 0 Å². The van der Waals surface area contributed by atoms with E-state index in [2.05, 4.69) is 24.5 Å². The van der Waals surface area contributed by atoms with Crippen molar-refractivity contribution in [3.05, 3.63) is 65.2 Å². The van der Waals surface area contributed by atoms with Crippen LogP contribution in [0.3, 0.4) is 0 Å². The minimum Gasteiger partial charge on any atom is -0.325 e. The fourth-order valence-corrected chi connectivity index (χ4v) is 4.21. The van der Waals surface area contributed by atoms with E-state index < -0.39 is 17.5 Å². The van der Waals surface area contributed by atoms with Crippen molar-refractivity contribution < 1.29 is 14.4 Å². The largest absolute Gasteiger partial charge is 0.325 e. The zero-order valence-corrected chi connectivity index (χ0v) is 16.7. The molecule has 1 aliphatic heterocycles. The fraction of sp³-hybridized carbons (Fsp3) is 0.348. The molecule has 2 aliphatic rings. The lowest BCUT2D eigenvalue weighted by atomic mass is 9.92. The molecule has 0 saturated carbocycles. The van der Waals surface area contributed by atoms with Crippen molar-refractivity contribution in [2.45, 2.75) is 44.6 Å². The molecule has 0 aromatic heterocycles. The predicted molar refractivity (Wildman–Crippen MR) is 110 cm³/mol. The predicted octanol–water partition coefficient (Wildman–Crippen LogP) is 3.53. The lowest BCUT2D eigenvalue weighted by molar-refractivity contribution is -0.134. The first-order valence-corrected chi connectivity index (χ1v) is 10.1. The van der Waals surface area contributed by atoms with Gasteiger partial charge in [0.05, 0.1) is 0 Å². The van der Waals surface area contributed by atoms with Crippen LogP contribution in [0.15, 0.2) is 48.5 Å². The molecule has 29 heavy (non-hydrogen) atoms. The van der Waals surface area contributed by atoms with Crippen LogP contribution in [-0.2, 0) is 21.5 Å². The van der Waals surface area contributed by atoms with Gasteiger partial charge in [0.1, 0.15) is 12.1 Å². The average Bonchev–Trinajstić information content (AvgIpc) is 3.21. The van der Waals surface area contributed by atoms with Crippen molar-refractivity contribution in [3.63, 3.8) is 0 Å². The summed E-state index contributed by atoms with van der Waals surface area (Å²) in [7, 11) is 0. The Morgan fingerprint density at radius 2 is 1.90 bits per heavy atom. The highest BCUT2D eigenvalue weighted by atomic mass is 16.2. The number of fused-ring (bicyclic) bond motifs is 2. The number of nitrogens with zero attached hydrogens (tertiary/aromatic N) is 1. The van der Waals surface area contributed by atoms with Crippen LogP contribution < -0.4 is 10.6 Å². The van der Waals surface area contributed by atoms with Gasteiger partial charge in [0.2, 0.25) is 5.91 Å². The molecule has 2 N–H and O–H groups in total. The van der Waals surface area contributed by atoms with Crippen LogP contribution in [0.25, 0.3) is 0 Å². The maximum atomic E-state index is 13.1. The Kier molecular flexibility index (Phi) is 4.86.